The molecule has 1 fully saturated rings. The molecule has 2 aliphatic heterocycles. The topological polar surface area (TPSA) is 84.9 Å². The number of halogens is 1. The fraction of sp³-hybridized carbons (Fsp3) is 0.346. The van der Waals surface area contributed by atoms with Crippen molar-refractivity contribution in [2.24, 2.45) is 0 Å². The van der Waals surface area contributed by atoms with E-state index in [9.17, 15) is 14.4 Å². The monoisotopic (exact) mass is 482 g/mol. The standard InChI is InChI=1S/C26H27ClN2O5/c1-16(30)17-7-9-18(10-8-17)20-15-19-11-12-22(24(20)25(31)33-2)29(19)26(32)28-13-14-34-23-6-4-3-5-21(23)27/h3-10,19,22H,11-15H2,1-2H3,(H,28,32)/t19-,22+/m0/s1. The Labute approximate surface area is 203 Å². The Morgan fingerprint density at radius 2 is 1.82 bits per heavy atom. The minimum Gasteiger partial charge on any atom is -0.490 e. The Kier molecular flexibility index (Phi) is 7.22. The molecule has 1 saturated heterocycles. The summed E-state index contributed by atoms with van der Waals surface area (Å²) in [4.78, 5) is 39.3. The molecular formula is C26H27ClN2O5. The molecule has 2 amide bonds. The van der Waals surface area contributed by atoms with Gasteiger partial charge < -0.3 is 19.7 Å². The Hall–Kier alpha value is -3.32. The van der Waals surface area contributed by atoms with Gasteiger partial charge in [-0.15, -0.1) is 0 Å². The van der Waals surface area contributed by atoms with Crippen LogP contribution in [-0.2, 0) is 9.53 Å². The number of carbonyl (C=O) groups is 3. The number of para-hydroxylation sites is 1. The lowest BCUT2D eigenvalue weighted by molar-refractivity contribution is -0.136. The Bertz CT molecular complexity index is 1130. The molecule has 2 atom stereocenters. The molecular weight excluding hydrogens is 456 g/mol. The lowest BCUT2D eigenvalue weighted by Crippen LogP contribution is -2.51. The summed E-state index contributed by atoms with van der Waals surface area (Å²) in [5.74, 6) is 0.113. The molecule has 2 heterocycles. The van der Waals surface area contributed by atoms with E-state index in [1.807, 2.05) is 24.3 Å². The first-order chi connectivity index (χ1) is 16.4. The molecule has 7 nitrogen and oxygen atoms in total. The molecule has 0 saturated carbocycles. The minimum absolute atomic E-state index is 0.0150. The summed E-state index contributed by atoms with van der Waals surface area (Å²) in [6.45, 7) is 2.09. The molecule has 0 aromatic heterocycles. The van der Waals surface area contributed by atoms with Crippen LogP contribution in [0.15, 0.2) is 54.1 Å². The van der Waals surface area contributed by atoms with E-state index >= 15 is 0 Å². The highest BCUT2D eigenvalue weighted by Crippen LogP contribution is 2.43. The number of Topliss-reactive ketones (excluding diaryl/α,β-unsaturated/α-hetero) is 1. The van der Waals surface area contributed by atoms with E-state index in [2.05, 4.69) is 5.32 Å². The Morgan fingerprint density at radius 3 is 2.50 bits per heavy atom. The van der Waals surface area contributed by atoms with E-state index < -0.39 is 5.97 Å². The third-order valence-corrected chi connectivity index (χ3v) is 6.67. The summed E-state index contributed by atoms with van der Waals surface area (Å²) in [5.41, 5.74) is 2.87. The van der Waals surface area contributed by atoms with Crippen LogP contribution >= 0.6 is 11.6 Å². The number of ether oxygens (including phenoxy) is 2. The van der Waals surface area contributed by atoms with Gasteiger partial charge in [0.25, 0.3) is 0 Å². The zero-order valence-electron chi connectivity index (χ0n) is 19.2. The van der Waals surface area contributed by atoms with E-state index in [1.54, 1.807) is 29.2 Å². The van der Waals surface area contributed by atoms with Gasteiger partial charge in [0.05, 0.1) is 30.3 Å². The zero-order valence-corrected chi connectivity index (χ0v) is 19.9. The van der Waals surface area contributed by atoms with Crippen LogP contribution < -0.4 is 10.1 Å². The predicted molar refractivity (Wildman–Crippen MR) is 129 cm³/mol. The van der Waals surface area contributed by atoms with Crippen LogP contribution in [0.1, 0.15) is 42.1 Å². The van der Waals surface area contributed by atoms with Gasteiger partial charge in [-0.2, -0.15) is 0 Å². The number of ketones is 1. The largest absolute Gasteiger partial charge is 0.490 e. The summed E-state index contributed by atoms with van der Waals surface area (Å²) in [6, 6.07) is 13.8. The zero-order chi connectivity index (χ0) is 24.2. The molecule has 0 unspecified atom stereocenters. The van der Waals surface area contributed by atoms with Crippen molar-refractivity contribution >= 4 is 35.0 Å². The van der Waals surface area contributed by atoms with Gasteiger partial charge in [0.1, 0.15) is 12.4 Å². The Balaban J connectivity index is 1.49. The number of rotatable bonds is 7. The molecule has 0 radical (unpaired) electrons. The first kappa shape index (κ1) is 23.8. The minimum atomic E-state index is -0.434. The highest BCUT2D eigenvalue weighted by Gasteiger charge is 2.46. The van der Waals surface area contributed by atoms with Crippen molar-refractivity contribution in [2.75, 3.05) is 20.3 Å². The molecule has 4 rings (SSSR count). The van der Waals surface area contributed by atoms with Crippen molar-refractivity contribution in [2.45, 2.75) is 38.3 Å². The summed E-state index contributed by atoms with van der Waals surface area (Å²) in [7, 11) is 1.35. The van der Waals surface area contributed by atoms with Crippen LogP contribution in [0.5, 0.6) is 5.75 Å². The molecule has 178 valence electrons. The molecule has 2 aromatic rings. The van der Waals surface area contributed by atoms with Crippen molar-refractivity contribution in [3.8, 4) is 5.75 Å². The number of hydrogen-bond acceptors (Lipinski definition) is 5. The number of fused-ring (bicyclic) bond motifs is 2. The van der Waals surface area contributed by atoms with E-state index in [-0.39, 0.29) is 30.5 Å². The predicted octanol–water partition coefficient (Wildman–Crippen LogP) is 4.49. The highest BCUT2D eigenvalue weighted by atomic mass is 35.5. The van der Waals surface area contributed by atoms with Gasteiger partial charge in [0.15, 0.2) is 5.78 Å². The van der Waals surface area contributed by atoms with Gasteiger partial charge in [0, 0.05) is 11.6 Å². The molecule has 2 aliphatic rings. The van der Waals surface area contributed by atoms with Crippen molar-refractivity contribution in [3.05, 3.63) is 70.3 Å². The third-order valence-electron chi connectivity index (χ3n) is 6.35. The first-order valence-electron chi connectivity index (χ1n) is 11.3. The van der Waals surface area contributed by atoms with Gasteiger partial charge in [-0.3, -0.25) is 4.79 Å². The number of hydrogen-bond donors (Lipinski definition) is 1. The number of nitrogens with zero attached hydrogens (tertiary/aromatic N) is 1. The molecule has 34 heavy (non-hydrogen) atoms. The van der Waals surface area contributed by atoms with Gasteiger partial charge in [-0.25, -0.2) is 9.59 Å². The fourth-order valence-electron chi connectivity index (χ4n) is 4.74. The molecule has 8 heteroatoms. The van der Waals surface area contributed by atoms with E-state index in [4.69, 9.17) is 21.1 Å². The maximum atomic E-state index is 13.1. The number of methoxy groups -OCH3 is 1. The maximum absolute atomic E-state index is 13.1. The van der Waals surface area contributed by atoms with Crippen molar-refractivity contribution in [1.82, 2.24) is 10.2 Å². The number of nitrogens with one attached hydrogen (secondary N) is 1. The smallest absolute Gasteiger partial charge is 0.336 e. The fourth-order valence-corrected chi connectivity index (χ4v) is 4.93. The lowest BCUT2D eigenvalue weighted by Gasteiger charge is -2.37. The van der Waals surface area contributed by atoms with E-state index in [0.717, 1.165) is 17.6 Å². The molecule has 2 aromatic carbocycles. The van der Waals surface area contributed by atoms with Crippen LogP contribution in [0.25, 0.3) is 5.57 Å². The SMILES string of the molecule is COC(=O)C1=C(c2ccc(C(C)=O)cc2)C[C@@H]2CC[C@H]1N2C(=O)NCCOc1ccccc1Cl. The number of carbonyl (C=O) groups excluding carboxylic acids is 3. The van der Waals surface area contributed by atoms with E-state index in [1.165, 1.54) is 14.0 Å². The van der Waals surface area contributed by atoms with Crippen molar-refractivity contribution in [3.63, 3.8) is 0 Å². The highest BCUT2D eigenvalue weighted by molar-refractivity contribution is 6.32. The average molecular weight is 483 g/mol. The number of urea groups is 1. The summed E-state index contributed by atoms with van der Waals surface area (Å²) in [5, 5.41) is 3.42. The molecule has 0 aliphatic carbocycles. The number of amides is 2. The first-order valence-corrected chi connectivity index (χ1v) is 11.6. The maximum Gasteiger partial charge on any atom is 0.336 e. The summed E-state index contributed by atoms with van der Waals surface area (Å²) >= 11 is 6.10. The molecule has 2 bridgehead atoms. The van der Waals surface area contributed by atoms with Crippen LogP contribution in [0.4, 0.5) is 4.79 Å². The third kappa shape index (κ3) is 4.80. The second-order valence-corrected chi connectivity index (χ2v) is 8.79. The second kappa shape index (κ2) is 10.3. The van der Waals surface area contributed by atoms with Gasteiger partial charge >= 0.3 is 12.0 Å². The quantitative estimate of drug-likeness (QED) is 0.357. The summed E-state index contributed by atoms with van der Waals surface area (Å²) < 4.78 is 10.7. The number of benzene rings is 2. The molecule has 0 spiro atoms. The van der Waals surface area contributed by atoms with Crippen LogP contribution in [0.2, 0.25) is 5.02 Å². The van der Waals surface area contributed by atoms with Gasteiger partial charge in [0.2, 0.25) is 0 Å². The van der Waals surface area contributed by atoms with Crippen molar-refractivity contribution < 1.29 is 23.9 Å². The Morgan fingerprint density at radius 1 is 1.09 bits per heavy atom. The summed E-state index contributed by atoms with van der Waals surface area (Å²) in [6.07, 6.45) is 2.03. The average Bonchev–Trinajstić information content (AvgIpc) is 3.15. The molecule has 1 N–H and O–H groups in total. The van der Waals surface area contributed by atoms with Crippen molar-refractivity contribution in [1.29, 1.82) is 0 Å². The second-order valence-electron chi connectivity index (χ2n) is 8.39. The van der Waals surface area contributed by atoms with Crippen LogP contribution in [0.3, 0.4) is 0 Å². The lowest BCUT2D eigenvalue weighted by atomic mass is 9.88. The van der Waals surface area contributed by atoms with Crippen LogP contribution in [0, 0.1) is 0 Å². The van der Waals surface area contributed by atoms with Gasteiger partial charge in [-0.1, -0.05) is 48.0 Å². The van der Waals surface area contributed by atoms with Gasteiger partial charge in [-0.05, 0) is 49.5 Å². The normalized spacial score (nSPS) is 19.1. The van der Waals surface area contributed by atoms with Crippen LogP contribution in [-0.4, -0.2) is 55.0 Å². The number of esters is 1. The van der Waals surface area contributed by atoms with E-state index in [0.29, 0.717) is 41.3 Å².